The zero-order valence-corrected chi connectivity index (χ0v) is 16.5. The number of benzene rings is 2. The normalized spacial score (nSPS) is 15.6. The third-order valence-corrected chi connectivity index (χ3v) is 5.05. The van der Waals surface area contributed by atoms with Crippen molar-refractivity contribution in [2.75, 3.05) is 25.5 Å². The second-order valence-corrected chi connectivity index (χ2v) is 7.22. The van der Waals surface area contributed by atoms with E-state index in [9.17, 15) is 10.2 Å². The Balaban J connectivity index is 1.80. The van der Waals surface area contributed by atoms with E-state index in [1.165, 1.54) is 5.56 Å². The van der Waals surface area contributed by atoms with Crippen LogP contribution >= 0.6 is 0 Å². The van der Waals surface area contributed by atoms with Crippen LogP contribution in [0, 0.1) is 0 Å². The van der Waals surface area contributed by atoms with Gasteiger partial charge in [0.2, 0.25) is 0 Å². The lowest BCUT2D eigenvalue weighted by Gasteiger charge is -2.36. The molecule has 0 saturated carbocycles. The number of anilines is 1. The van der Waals surface area contributed by atoms with E-state index in [0.29, 0.717) is 35.0 Å². The Morgan fingerprint density at radius 3 is 2.45 bits per heavy atom. The van der Waals surface area contributed by atoms with Gasteiger partial charge in [0.15, 0.2) is 6.23 Å². The monoisotopic (exact) mass is 388 g/mol. The van der Waals surface area contributed by atoms with Crippen LogP contribution in [0.15, 0.2) is 71.9 Å². The second kappa shape index (κ2) is 7.93. The summed E-state index contributed by atoms with van der Waals surface area (Å²) in [6.07, 6.45) is 1.50. The zero-order valence-electron chi connectivity index (χ0n) is 16.5. The molecule has 0 spiro atoms. The topological polar surface area (TPSA) is 72.2 Å². The van der Waals surface area contributed by atoms with Gasteiger partial charge in [-0.1, -0.05) is 42.5 Å². The van der Waals surface area contributed by atoms with Crippen LogP contribution in [-0.2, 0) is 6.42 Å². The standard InChI is InChI=1S/C23H24N4O2/c1-26(2)22-20-18(12-14-24-22)25-21(17-10-6-7-11-19(17)28)27(23(20)29)15-13-16-8-4-3-5-9-16/h3-12,14,23,28-29H,13,15H2,1-2H3. The highest BCUT2D eigenvalue weighted by Crippen LogP contribution is 2.40. The van der Waals surface area contributed by atoms with Gasteiger partial charge in [0.1, 0.15) is 17.4 Å². The molecule has 1 unspecified atom stereocenters. The molecule has 0 bridgehead atoms. The molecule has 1 aliphatic heterocycles. The average molecular weight is 388 g/mol. The van der Waals surface area contributed by atoms with Gasteiger partial charge < -0.3 is 20.0 Å². The number of phenols is 1. The minimum Gasteiger partial charge on any atom is -0.507 e. The van der Waals surface area contributed by atoms with Gasteiger partial charge >= 0.3 is 0 Å². The Morgan fingerprint density at radius 2 is 1.72 bits per heavy atom. The Hall–Kier alpha value is -3.38. The number of amidine groups is 1. The molecule has 148 valence electrons. The number of aliphatic hydroxyl groups is 1. The Bertz CT molecular complexity index is 1030. The molecule has 0 aliphatic carbocycles. The summed E-state index contributed by atoms with van der Waals surface area (Å²) in [6, 6.07) is 19.0. The van der Waals surface area contributed by atoms with Gasteiger partial charge in [0, 0.05) is 26.8 Å². The van der Waals surface area contributed by atoms with Crippen LogP contribution in [-0.4, -0.2) is 46.6 Å². The van der Waals surface area contributed by atoms with Gasteiger partial charge in [-0.15, -0.1) is 0 Å². The highest BCUT2D eigenvalue weighted by Gasteiger charge is 2.33. The van der Waals surface area contributed by atoms with E-state index in [-0.39, 0.29) is 5.75 Å². The fourth-order valence-corrected chi connectivity index (χ4v) is 3.60. The molecule has 1 atom stereocenters. The van der Waals surface area contributed by atoms with Gasteiger partial charge in [0.05, 0.1) is 16.8 Å². The first-order valence-corrected chi connectivity index (χ1v) is 9.58. The largest absolute Gasteiger partial charge is 0.507 e. The van der Waals surface area contributed by atoms with Crippen molar-refractivity contribution in [2.24, 2.45) is 4.99 Å². The van der Waals surface area contributed by atoms with Crippen molar-refractivity contribution in [3.63, 3.8) is 0 Å². The van der Waals surface area contributed by atoms with Crippen molar-refractivity contribution in [1.29, 1.82) is 0 Å². The first-order chi connectivity index (χ1) is 14.1. The molecule has 4 rings (SSSR count). The SMILES string of the molecule is CN(C)c1nccc2c1C(O)N(CCc1ccccc1)C(c1ccccc1O)=N2. The van der Waals surface area contributed by atoms with Crippen LogP contribution in [0.1, 0.15) is 22.9 Å². The molecule has 2 heterocycles. The van der Waals surface area contributed by atoms with Crippen molar-refractivity contribution < 1.29 is 10.2 Å². The first-order valence-electron chi connectivity index (χ1n) is 9.58. The number of aliphatic hydroxyl groups excluding tert-OH is 1. The summed E-state index contributed by atoms with van der Waals surface area (Å²) in [4.78, 5) is 13.0. The van der Waals surface area contributed by atoms with Crippen LogP contribution in [0.5, 0.6) is 5.75 Å². The molecule has 1 aromatic heterocycles. The van der Waals surface area contributed by atoms with E-state index in [1.54, 1.807) is 24.4 Å². The molecule has 6 heteroatoms. The minimum atomic E-state index is -0.924. The number of hydrogen-bond donors (Lipinski definition) is 2. The van der Waals surface area contributed by atoms with Gasteiger partial charge in [-0.05, 0) is 30.2 Å². The molecule has 2 N–H and O–H groups in total. The summed E-state index contributed by atoms with van der Waals surface area (Å²) < 4.78 is 0. The van der Waals surface area contributed by atoms with E-state index in [2.05, 4.69) is 17.1 Å². The number of aliphatic imine (C=N–C) groups is 1. The molecule has 29 heavy (non-hydrogen) atoms. The summed E-state index contributed by atoms with van der Waals surface area (Å²) in [5, 5.41) is 21.8. The maximum absolute atomic E-state index is 11.3. The number of hydrogen-bond acceptors (Lipinski definition) is 6. The summed E-state index contributed by atoms with van der Waals surface area (Å²) in [6.45, 7) is 0.541. The summed E-state index contributed by atoms with van der Waals surface area (Å²) >= 11 is 0. The number of phenolic OH excluding ortho intramolecular Hbond substituents is 1. The lowest BCUT2D eigenvalue weighted by molar-refractivity contribution is 0.0517. The quantitative estimate of drug-likeness (QED) is 0.700. The summed E-state index contributed by atoms with van der Waals surface area (Å²) in [5.41, 5.74) is 3.09. The number of aromatic nitrogens is 1. The Labute approximate surface area is 170 Å². The Kier molecular flexibility index (Phi) is 5.18. The van der Waals surface area contributed by atoms with Crippen LogP contribution in [0.25, 0.3) is 0 Å². The number of para-hydroxylation sites is 1. The van der Waals surface area contributed by atoms with Crippen LogP contribution in [0.3, 0.4) is 0 Å². The highest BCUT2D eigenvalue weighted by molar-refractivity contribution is 6.04. The van der Waals surface area contributed by atoms with Crippen LogP contribution < -0.4 is 4.90 Å². The van der Waals surface area contributed by atoms with E-state index >= 15 is 0 Å². The molecular weight excluding hydrogens is 364 g/mol. The fraction of sp³-hybridized carbons (Fsp3) is 0.217. The average Bonchev–Trinajstić information content (AvgIpc) is 2.73. The summed E-state index contributed by atoms with van der Waals surface area (Å²) in [5.74, 6) is 1.36. The second-order valence-electron chi connectivity index (χ2n) is 7.22. The number of rotatable bonds is 5. The highest BCUT2D eigenvalue weighted by atomic mass is 16.3. The molecule has 0 saturated heterocycles. The first kappa shape index (κ1) is 19.0. The predicted octanol–water partition coefficient (Wildman–Crippen LogP) is 3.48. The fourth-order valence-electron chi connectivity index (χ4n) is 3.60. The number of aromatic hydroxyl groups is 1. The van der Waals surface area contributed by atoms with Crippen LogP contribution in [0.2, 0.25) is 0 Å². The van der Waals surface area contributed by atoms with Crippen molar-refractivity contribution in [3.8, 4) is 5.75 Å². The molecule has 0 fully saturated rings. The van der Waals surface area contributed by atoms with Crippen molar-refractivity contribution in [2.45, 2.75) is 12.6 Å². The Morgan fingerprint density at radius 1 is 1.00 bits per heavy atom. The van der Waals surface area contributed by atoms with E-state index in [1.807, 2.05) is 54.2 Å². The number of fused-ring (bicyclic) bond motifs is 1. The van der Waals surface area contributed by atoms with Gasteiger partial charge in [-0.25, -0.2) is 9.98 Å². The van der Waals surface area contributed by atoms with Crippen molar-refractivity contribution in [1.82, 2.24) is 9.88 Å². The van der Waals surface area contributed by atoms with Crippen molar-refractivity contribution in [3.05, 3.63) is 83.6 Å². The number of pyridine rings is 1. The van der Waals surface area contributed by atoms with E-state index in [0.717, 1.165) is 6.42 Å². The van der Waals surface area contributed by atoms with Gasteiger partial charge in [0.25, 0.3) is 0 Å². The van der Waals surface area contributed by atoms with E-state index in [4.69, 9.17) is 4.99 Å². The molecule has 0 amide bonds. The summed E-state index contributed by atoms with van der Waals surface area (Å²) in [7, 11) is 3.79. The lowest BCUT2D eigenvalue weighted by Crippen LogP contribution is -2.40. The van der Waals surface area contributed by atoms with Crippen LogP contribution in [0.4, 0.5) is 11.5 Å². The van der Waals surface area contributed by atoms with Gasteiger partial charge in [-0.2, -0.15) is 0 Å². The molecule has 3 aromatic rings. The third kappa shape index (κ3) is 3.67. The van der Waals surface area contributed by atoms with Gasteiger partial charge in [-0.3, -0.25) is 0 Å². The minimum absolute atomic E-state index is 0.133. The van der Waals surface area contributed by atoms with Crippen molar-refractivity contribution >= 4 is 17.3 Å². The molecule has 0 radical (unpaired) electrons. The third-order valence-electron chi connectivity index (χ3n) is 5.05. The smallest absolute Gasteiger partial charge is 0.160 e. The number of nitrogens with zero attached hydrogens (tertiary/aromatic N) is 4. The predicted molar refractivity (Wildman–Crippen MR) is 115 cm³/mol. The molecule has 1 aliphatic rings. The molecular formula is C23H24N4O2. The van der Waals surface area contributed by atoms with E-state index < -0.39 is 6.23 Å². The maximum atomic E-state index is 11.3. The molecule has 2 aromatic carbocycles. The maximum Gasteiger partial charge on any atom is 0.160 e. The lowest BCUT2D eigenvalue weighted by atomic mass is 10.0. The zero-order chi connectivity index (χ0) is 20.4. The molecule has 6 nitrogen and oxygen atoms in total.